The first-order valence-electron chi connectivity index (χ1n) is 5.84. The lowest BCUT2D eigenvalue weighted by Crippen LogP contribution is -2.22. The zero-order chi connectivity index (χ0) is 12.0. The fourth-order valence-electron chi connectivity index (χ4n) is 1.64. The van der Waals surface area contributed by atoms with Crippen molar-refractivity contribution in [3.63, 3.8) is 0 Å². The summed E-state index contributed by atoms with van der Waals surface area (Å²) in [5, 5.41) is 0. The molecule has 16 heavy (non-hydrogen) atoms. The molecule has 1 heterocycles. The van der Waals surface area contributed by atoms with Gasteiger partial charge >= 0.3 is 0 Å². The summed E-state index contributed by atoms with van der Waals surface area (Å²) in [6.07, 6.45) is 6.14. The van der Waals surface area contributed by atoms with Crippen LogP contribution in [0.4, 0.5) is 0 Å². The maximum atomic E-state index is 5.72. The average Bonchev–Trinajstić information content (AvgIpc) is 2.62. The van der Waals surface area contributed by atoms with Crippen LogP contribution in [-0.2, 0) is 13.6 Å². The van der Waals surface area contributed by atoms with Crippen LogP contribution in [0.1, 0.15) is 25.6 Å². The molecule has 1 rings (SSSR count). The Hall–Kier alpha value is -0.540. The topological polar surface area (TPSA) is 21.1 Å². The molecule has 1 aromatic rings. The number of rotatable bonds is 7. The second-order valence-corrected chi connectivity index (χ2v) is 4.94. The van der Waals surface area contributed by atoms with Crippen LogP contribution in [0.25, 0.3) is 0 Å². The number of aryl methyl sites for hydroxylation is 1. The molecule has 0 radical (unpaired) electrons. The van der Waals surface area contributed by atoms with Gasteiger partial charge in [0.1, 0.15) is 5.82 Å². The van der Waals surface area contributed by atoms with Gasteiger partial charge in [0.15, 0.2) is 0 Å². The summed E-state index contributed by atoms with van der Waals surface area (Å²) in [6.45, 7) is 4.28. The van der Waals surface area contributed by atoms with Crippen LogP contribution in [0.5, 0.6) is 0 Å². The molecule has 0 aromatic carbocycles. The first-order chi connectivity index (χ1) is 7.63. The Morgan fingerprint density at radius 1 is 1.50 bits per heavy atom. The third kappa shape index (κ3) is 4.54. The van der Waals surface area contributed by atoms with Crippen LogP contribution < -0.4 is 0 Å². The Labute approximate surface area is 103 Å². The normalized spacial score (nSPS) is 13.3. The predicted molar refractivity (Wildman–Crippen MR) is 68.7 cm³/mol. The zero-order valence-electron chi connectivity index (χ0n) is 10.5. The molecule has 1 unspecified atom stereocenters. The Kier molecular flexibility index (Phi) is 5.85. The molecule has 0 fully saturated rings. The monoisotopic (exact) mass is 243 g/mol. The number of hydrogen-bond acceptors (Lipinski definition) is 2. The van der Waals surface area contributed by atoms with Crippen LogP contribution in [0.15, 0.2) is 12.4 Å². The molecule has 1 aromatic heterocycles. The van der Waals surface area contributed by atoms with Crippen molar-refractivity contribution in [1.29, 1.82) is 0 Å². The molecule has 1 atom stereocenters. The molecule has 0 saturated carbocycles. The fourth-order valence-corrected chi connectivity index (χ4v) is 2.01. The predicted octanol–water partition coefficient (Wildman–Crippen LogP) is 2.51. The molecule has 0 aliphatic carbocycles. The minimum absolute atomic E-state index is 0.710. The Morgan fingerprint density at radius 2 is 2.25 bits per heavy atom. The van der Waals surface area contributed by atoms with Crippen LogP contribution >= 0.6 is 11.6 Å². The zero-order valence-corrected chi connectivity index (χ0v) is 11.2. The van der Waals surface area contributed by atoms with E-state index in [1.807, 2.05) is 19.4 Å². The van der Waals surface area contributed by atoms with Crippen LogP contribution in [0.2, 0.25) is 0 Å². The van der Waals surface area contributed by atoms with E-state index in [0.29, 0.717) is 5.92 Å². The molecule has 0 bridgehead atoms. The van der Waals surface area contributed by atoms with Gasteiger partial charge in [-0.05, 0) is 32.4 Å². The summed E-state index contributed by atoms with van der Waals surface area (Å²) in [4.78, 5) is 6.63. The van der Waals surface area contributed by atoms with Gasteiger partial charge in [-0.25, -0.2) is 4.98 Å². The van der Waals surface area contributed by atoms with Gasteiger partial charge in [0.25, 0.3) is 0 Å². The standard InChI is InChI=1S/C12H22ClN3/c1-11(4-6-13)5-8-15(2)10-12-14-7-9-16(12)3/h7,9,11H,4-6,8,10H2,1-3H3. The number of aromatic nitrogens is 2. The van der Waals surface area contributed by atoms with E-state index in [0.717, 1.165) is 31.2 Å². The third-order valence-electron chi connectivity index (χ3n) is 2.94. The highest BCUT2D eigenvalue weighted by molar-refractivity contribution is 6.17. The van der Waals surface area contributed by atoms with Crippen molar-refractivity contribution in [2.45, 2.75) is 26.3 Å². The van der Waals surface area contributed by atoms with Crippen LogP contribution in [0.3, 0.4) is 0 Å². The van der Waals surface area contributed by atoms with Gasteiger partial charge in [0.05, 0.1) is 6.54 Å². The molecular formula is C12H22ClN3. The summed E-state index contributed by atoms with van der Waals surface area (Å²) in [6, 6.07) is 0. The molecule has 4 heteroatoms. The Morgan fingerprint density at radius 3 is 2.81 bits per heavy atom. The number of nitrogens with zero attached hydrogens (tertiary/aromatic N) is 3. The van der Waals surface area contributed by atoms with Crippen molar-refractivity contribution in [1.82, 2.24) is 14.5 Å². The van der Waals surface area contributed by atoms with E-state index in [1.54, 1.807) is 0 Å². The van der Waals surface area contributed by atoms with Crippen molar-refractivity contribution >= 4 is 11.6 Å². The van der Waals surface area contributed by atoms with Gasteiger partial charge in [-0.15, -0.1) is 11.6 Å². The second kappa shape index (κ2) is 6.92. The lowest BCUT2D eigenvalue weighted by Gasteiger charge is -2.18. The maximum absolute atomic E-state index is 5.72. The average molecular weight is 244 g/mol. The summed E-state index contributed by atoms with van der Waals surface area (Å²) >= 11 is 5.72. The largest absolute Gasteiger partial charge is 0.337 e. The van der Waals surface area contributed by atoms with Crippen LogP contribution in [0, 0.1) is 5.92 Å². The van der Waals surface area contributed by atoms with Gasteiger partial charge in [0.2, 0.25) is 0 Å². The van der Waals surface area contributed by atoms with E-state index in [9.17, 15) is 0 Å². The first kappa shape index (κ1) is 13.5. The van der Waals surface area contributed by atoms with Gasteiger partial charge in [-0.3, -0.25) is 4.90 Å². The summed E-state index contributed by atoms with van der Waals surface area (Å²) < 4.78 is 2.07. The van der Waals surface area contributed by atoms with Crippen molar-refractivity contribution in [2.24, 2.45) is 13.0 Å². The first-order valence-corrected chi connectivity index (χ1v) is 6.37. The van der Waals surface area contributed by atoms with Gasteiger partial charge in [-0.1, -0.05) is 6.92 Å². The quantitative estimate of drug-likeness (QED) is 0.687. The van der Waals surface area contributed by atoms with E-state index >= 15 is 0 Å². The van der Waals surface area contributed by atoms with E-state index in [1.165, 1.54) is 6.42 Å². The van der Waals surface area contributed by atoms with Gasteiger partial charge in [0, 0.05) is 25.3 Å². The molecule has 0 aliphatic heterocycles. The molecule has 0 N–H and O–H groups in total. The number of hydrogen-bond donors (Lipinski definition) is 0. The molecular weight excluding hydrogens is 222 g/mol. The smallest absolute Gasteiger partial charge is 0.122 e. The van der Waals surface area contributed by atoms with Crippen molar-refractivity contribution in [3.05, 3.63) is 18.2 Å². The molecule has 0 saturated heterocycles. The fraction of sp³-hybridized carbons (Fsp3) is 0.750. The Balaban J connectivity index is 2.26. The minimum atomic E-state index is 0.710. The summed E-state index contributed by atoms with van der Waals surface area (Å²) in [5.74, 6) is 2.60. The van der Waals surface area contributed by atoms with E-state index in [2.05, 4.69) is 28.4 Å². The lowest BCUT2D eigenvalue weighted by atomic mass is 10.1. The molecule has 3 nitrogen and oxygen atoms in total. The highest BCUT2D eigenvalue weighted by Crippen LogP contribution is 2.10. The maximum Gasteiger partial charge on any atom is 0.122 e. The molecule has 0 aliphatic rings. The van der Waals surface area contributed by atoms with Gasteiger partial charge in [-0.2, -0.15) is 0 Å². The minimum Gasteiger partial charge on any atom is -0.337 e. The molecule has 0 spiro atoms. The van der Waals surface area contributed by atoms with E-state index in [-0.39, 0.29) is 0 Å². The number of halogens is 1. The highest BCUT2D eigenvalue weighted by atomic mass is 35.5. The second-order valence-electron chi connectivity index (χ2n) is 4.56. The number of imidazole rings is 1. The van der Waals surface area contributed by atoms with E-state index in [4.69, 9.17) is 11.6 Å². The number of alkyl halides is 1. The molecule has 92 valence electrons. The van der Waals surface area contributed by atoms with Crippen molar-refractivity contribution < 1.29 is 0 Å². The highest BCUT2D eigenvalue weighted by Gasteiger charge is 2.07. The Bertz CT molecular complexity index is 298. The van der Waals surface area contributed by atoms with E-state index < -0.39 is 0 Å². The molecule has 0 amide bonds. The van der Waals surface area contributed by atoms with Gasteiger partial charge < -0.3 is 4.57 Å². The lowest BCUT2D eigenvalue weighted by molar-refractivity contribution is 0.287. The van der Waals surface area contributed by atoms with Crippen LogP contribution in [-0.4, -0.2) is 33.9 Å². The summed E-state index contributed by atoms with van der Waals surface area (Å²) in [7, 11) is 4.17. The SMILES string of the molecule is CC(CCCl)CCN(C)Cc1nccn1C. The van der Waals surface area contributed by atoms with Crippen molar-refractivity contribution in [3.8, 4) is 0 Å². The third-order valence-corrected chi connectivity index (χ3v) is 3.16. The van der Waals surface area contributed by atoms with Crippen molar-refractivity contribution in [2.75, 3.05) is 19.5 Å². The summed E-state index contributed by atoms with van der Waals surface area (Å²) in [5.41, 5.74) is 0.